The number of rotatable bonds is 10. The molecule has 2 aromatic rings. The maximum absolute atomic E-state index is 13.3. The third kappa shape index (κ3) is 5.15. The minimum absolute atomic E-state index is 0.0311. The molecule has 194 valence electrons. The van der Waals surface area contributed by atoms with E-state index in [-0.39, 0.29) is 56.1 Å². The molecule has 5 rings (SSSR count). The van der Waals surface area contributed by atoms with E-state index in [1.165, 1.54) is 12.0 Å². The van der Waals surface area contributed by atoms with Gasteiger partial charge >= 0.3 is 23.8 Å². The van der Waals surface area contributed by atoms with E-state index in [4.69, 9.17) is 14.0 Å². The summed E-state index contributed by atoms with van der Waals surface area (Å²) in [6.45, 7) is -0.0377. The molecule has 3 fully saturated rings. The van der Waals surface area contributed by atoms with Crippen LogP contribution in [0, 0.1) is 5.92 Å². The average molecular weight is 511 g/mol. The normalized spacial score (nSPS) is 19.5. The second-order valence-electron chi connectivity index (χ2n) is 9.14. The van der Waals surface area contributed by atoms with Gasteiger partial charge in [0.2, 0.25) is 11.8 Å². The first kappa shape index (κ1) is 24.4. The van der Waals surface area contributed by atoms with Crippen LogP contribution in [0.15, 0.2) is 28.8 Å². The molecule has 5 amide bonds. The lowest BCUT2D eigenvalue weighted by Gasteiger charge is -2.26. The summed E-state index contributed by atoms with van der Waals surface area (Å²) in [7, 11) is 1.49. The fourth-order valence-corrected chi connectivity index (χ4v) is 4.30. The first-order chi connectivity index (χ1) is 17.8. The van der Waals surface area contributed by atoms with Crippen molar-refractivity contribution >= 4 is 35.4 Å². The summed E-state index contributed by atoms with van der Waals surface area (Å²) in [5, 5.41) is 3.81. The average Bonchev–Trinajstić information content (AvgIpc) is 3.40. The highest BCUT2D eigenvalue weighted by Crippen LogP contribution is 2.32. The molecule has 1 aliphatic carbocycles. The number of amides is 5. The van der Waals surface area contributed by atoms with Crippen molar-refractivity contribution in [3.63, 3.8) is 0 Å². The molecule has 1 aromatic carbocycles. The Morgan fingerprint density at radius 1 is 1.11 bits per heavy atom. The van der Waals surface area contributed by atoms with Crippen molar-refractivity contribution in [1.29, 1.82) is 0 Å². The smallest absolute Gasteiger partial charge is 0.334 e. The van der Waals surface area contributed by atoms with Crippen molar-refractivity contribution in [2.24, 2.45) is 5.92 Å². The van der Waals surface area contributed by atoms with Crippen molar-refractivity contribution in [3.05, 3.63) is 36.0 Å². The summed E-state index contributed by atoms with van der Waals surface area (Å²) in [4.78, 5) is 69.4. The van der Waals surface area contributed by atoms with Gasteiger partial charge in [-0.2, -0.15) is 4.98 Å². The Balaban J connectivity index is 1.28. The molecule has 2 aliphatic heterocycles. The Labute approximate surface area is 211 Å². The van der Waals surface area contributed by atoms with Crippen molar-refractivity contribution in [1.82, 2.24) is 19.9 Å². The molecule has 0 spiro atoms. The van der Waals surface area contributed by atoms with E-state index in [0.717, 1.165) is 22.6 Å². The number of methoxy groups -OCH3 is 1. The number of para-hydroxylation sites is 2. The third-order valence-electron chi connectivity index (χ3n) is 6.42. The second kappa shape index (κ2) is 9.99. The molecule has 2 saturated heterocycles. The molecular formula is C24H25N5O8. The van der Waals surface area contributed by atoms with Crippen LogP contribution < -0.4 is 9.64 Å². The van der Waals surface area contributed by atoms with Crippen molar-refractivity contribution in [2.45, 2.75) is 44.8 Å². The first-order valence-electron chi connectivity index (χ1n) is 12.0. The number of imide groups is 2. The molecule has 1 saturated carbocycles. The summed E-state index contributed by atoms with van der Waals surface area (Å²) in [5.74, 6) is -1.90. The summed E-state index contributed by atoms with van der Waals surface area (Å²) in [6.07, 6.45) is 1.87. The van der Waals surface area contributed by atoms with Crippen LogP contribution in [0.2, 0.25) is 0 Å². The maximum atomic E-state index is 13.3. The van der Waals surface area contributed by atoms with E-state index in [9.17, 15) is 24.0 Å². The number of benzene rings is 1. The molecule has 0 N–H and O–H groups in total. The quantitative estimate of drug-likeness (QED) is 0.257. The number of esters is 1. The van der Waals surface area contributed by atoms with Gasteiger partial charge in [0.1, 0.15) is 18.4 Å². The predicted molar refractivity (Wildman–Crippen MR) is 123 cm³/mol. The van der Waals surface area contributed by atoms with Gasteiger partial charge in [-0.1, -0.05) is 17.3 Å². The number of hydrogen-bond acceptors (Lipinski definition) is 10. The van der Waals surface area contributed by atoms with Crippen LogP contribution in [0.25, 0.3) is 0 Å². The molecule has 37 heavy (non-hydrogen) atoms. The monoisotopic (exact) mass is 511 g/mol. The maximum Gasteiger partial charge on any atom is 0.334 e. The minimum Gasteiger partial charge on any atom is -0.495 e. The standard InChI is InChI=1S/C24H25N5O8/c1-35-17-5-3-2-4-16(17)27(12-15-8-9-21(31)36-15)20(30)10-18-25-19(37-26-18)13-29-23(33)22(32)28(24(29)34)11-14-6-7-14/h2-5,14-15H,6-13H2,1H3/t15-/m1/s1. The molecule has 3 heterocycles. The van der Waals surface area contributed by atoms with Gasteiger partial charge in [0.25, 0.3) is 0 Å². The van der Waals surface area contributed by atoms with E-state index >= 15 is 0 Å². The zero-order chi connectivity index (χ0) is 26.1. The number of urea groups is 1. The van der Waals surface area contributed by atoms with Gasteiger partial charge in [-0.05, 0) is 37.3 Å². The van der Waals surface area contributed by atoms with Crippen molar-refractivity contribution in [2.75, 3.05) is 25.1 Å². The largest absolute Gasteiger partial charge is 0.495 e. The van der Waals surface area contributed by atoms with Crippen LogP contribution in [-0.4, -0.2) is 76.0 Å². The van der Waals surface area contributed by atoms with E-state index in [0.29, 0.717) is 17.9 Å². The van der Waals surface area contributed by atoms with Gasteiger partial charge in [0.15, 0.2) is 5.82 Å². The zero-order valence-electron chi connectivity index (χ0n) is 20.1. The van der Waals surface area contributed by atoms with Crippen LogP contribution in [-0.2, 0) is 36.9 Å². The van der Waals surface area contributed by atoms with E-state index < -0.39 is 29.9 Å². The highest BCUT2D eigenvalue weighted by molar-refractivity contribution is 6.44. The highest BCUT2D eigenvalue weighted by Gasteiger charge is 2.46. The predicted octanol–water partition coefficient (Wildman–Crippen LogP) is 1.06. The topological polar surface area (TPSA) is 152 Å². The van der Waals surface area contributed by atoms with E-state index in [1.54, 1.807) is 24.3 Å². The Hall–Kier alpha value is -4.29. The molecule has 1 aromatic heterocycles. The number of hydrogen-bond donors (Lipinski definition) is 0. The number of anilines is 1. The third-order valence-corrected chi connectivity index (χ3v) is 6.42. The van der Waals surface area contributed by atoms with Crippen LogP contribution in [0.4, 0.5) is 10.5 Å². The molecule has 0 unspecified atom stereocenters. The number of carbonyl (C=O) groups excluding carboxylic acids is 5. The summed E-state index contributed by atoms with van der Waals surface area (Å²) >= 11 is 0. The molecule has 13 nitrogen and oxygen atoms in total. The van der Waals surface area contributed by atoms with Gasteiger partial charge in [0.05, 0.1) is 25.8 Å². The Kier molecular flexibility index (Phi) is 6.59. The zero-order valence-corrected chi connectivity index (χ0v) is 20.1. The van der Waals surface area contributed by atoms with Crippen molar-refractivity contribution < 1.29 is 38.0 Å². The second-order valence-corrected chi connectivity index (χ2v) is 9.14. The van der Waals surface area contributed by atoms with Crippen LogP contribution in [0.5, 0.6) is 5.75 Å². The summed E-state index contributed by atoms with van der Waals surface area (Å²) < 4.78 is 15.9. The fraction of sp³-hybridized carbons (Fsp3) is 0.458. The summed E-state index contributed by atoms with van der Waals surface area (Å²) in [6, 6.07) is 6.23. The number of aromatic nitrogens is 2. The molecule has 0 bridgehead atoms. The van der Waals surface area contributed by atoms with Gasteiger partial charge in [-0.15, -0.1) is 0 Å². The number of cyclic esters (lactones) is 1. The Morgan fingerprint density at radius 2 is 1.86 bits per heavy atom. The lowest BCUT2D eigenvalue weighted by atomic mass is 10.2. The lowest BCUT2D eigenvalue weighted by Crippen LogP contribution is -2.39. The van der Waals surface area contributed by atoms with Crippen molar-refractivity contribution in [3.8, 4) is 5.75 Å². The highest BCUT2D eigenvalue weighted by atomic mass is 16.5. The first-order valence-corrected chi connectivity index (χ1v) is 12.0. The van der Waals surface area contributed by atoms with Gasteiger partial charge in [-0.3, -0.25) is 24.1 Å². The molecule has 13 heteroatoms. The van der Waals surface area contributed by atoms with Gasteiger partial charge in [-0.25, -0.2) is 9.69 Å². The fourth-order valence-electron chi connectivity index (χ4n) is 4.30. The number of nitrogens with zero attached hydrogens (tertiary/aromatic N) is 5. The van der Waals surface area contributed by atoms with Crippen LogP contribution >= 0.6 is 0 Å². The Bertz CT molecular complexity index is 1260. The molecule has 0 radical (unpaired) electrons. The summed E-state index contributed by atoms with van der Waals surface area (Å²) in [5.41, 5.74) is 0.490. The number of carbonyl (C=O) groups is 5. The van der Waals surface area contributed by atoms with E-state index in [2.05, 4.69) is 10.1 Å². The van der Waals surface area contributed by atoms with Gasteiger partial charge in [0, 0.05) is 13.0 Å². The minimum atomic E-state index is -0.949. The molecular weight excluding hydrogens is 486 g/mol. The Morgan fingerprint density at radius 3 is 2.57 bits per heavy atom. The van der Waals surface area contributed by atoms with E-state index in [1.807, 2.05) is 0 Å². The van der Waals surface area contributed by atoms with Crippen LogP contribution in [0.1, 0.15) is 37.4 Å². The molecule has 3 aliphatic rings. The SMILES string of the molecule is COc1ccccc1N(C[C@H]1CCC(=O)O1)C(=O)Cc1noc(CN2C(=O)C(=O)N(CC3CC3)C2=O)n1. The van der Waals surface area contributed by atoms with Gasteiger partial charge < -0.3 is 18.9 Å². The number of ether oxygens (including phenoxy) is 2. The molecule has 1 atom stereocenters. The lowest BCUT2D eigenvalue weighted by molar-refractivity contribution is -0.143. The van der Waals surface area contributed by atoms with Crippen LogP contribution in [0.3, 0.4) is 0 Å².